The maximum Gasteiger partial charge on any atom is 1.00 e. The molecule has 0 aliphatic carbocycles. The molecule has 0 unspecified atom stereocenters. The van der Waals surface area contributed by atoms with Crippen molar-refractivity contribution in [2.75, 3.05) is 18.0 Å². The van der Waals surface area contributed by atoms with E-state index < -0.39 is 11.7 Å². The van der Waals surface area contributed by atoms with Crippen LogP contribution < -0.4 is 23.8 Å². The van der Waals surface area contributed by atoms with E-state index in [4.69, 9.17) is 0 Å². The molecule has 0 atom stereocenters. The molecule has 1 fully saturated rings. The van der Waals surface area contributed by atoms with Gasteiger partial charge in [0.05, 0.1) is 0 Å². The summed E-state index contributed by atoms with van der Waals surface area (Å²) in [6.07, 6.45) is -2.20. The zero-order valence-electron chi connectivity index (χ0n) is 9.85. The Morgan fingerprint density at radius 3 is 2.18 bits per heavy atom. The van der Waals surface area contributed by atoms with E-state index in [2.05, 4.69) is 6.92 Å². The number of alkyl halides is 3. The standard InChI is InChI=1S/C12H13F3N.Li/c1-9-6-10(12(13,14)15)8-11(7-9)16-4-2-3-5-16;/h6-8H,1-5H2;/q-1;+1. The second kappa shape index (κ2) is 5.28. The second-order valence-electron chi connectivity index (χ2n) is 4.08. The topological polar surface area (TPSA) is 3.24 Å². The van der Waals surface area contributed by atoms with Crippen molar-refractivity contribution in [3.63, 3.8) is 0 Å². The first-order valence-electron chi connectivity index (χ1n) is 5.26. The maximum absolute atomic E-state index is 12.6. The first kappa shape index (κ1) is 14.3. The van der Waals surface area contributed by atoms with Crippen LogP contribution in [0, 0.1) is 6.92 Å². The molecule has 1 aliphatic heterocycles. The van der Waals surface area contributed by atoms with Crippen molar-refractivity contribution in [3.05, 3.63) is 36.2 Å². The monoisotopic (exact) mass is 235 g/mol. The Morgan fingerprint density at radius 1 is 1.06 bits per heavy atom. The summed E-state index contributed by atoms with van der Waals surface area (Å²) in [6, 6.07) is 4.00. The van der Waals surface area contributed by atoms with Crippen molar-refractivity contribution >= 4 is 5.69 Å². The third-order valence-electron chi connectivity index (χ3n) is 2.78. The van der Waals surface area contributed by atoms with E-state index in [9.17, 15) is 13.2 Å². The van der Waals surface area contributed by atoms with Crippen LogP contribution in [0.4, 0.5) is 18.9 Å². The van der Waals surface area contributed by atoms with E-state index in [1.807, 2.05) is 4.90 Å². The van der Waals surface area contributed by atoms with Crippen molar-refractivity contribution in [1.82, 2.24) is 0 Å². The van der Waals surface area contributed by atoms with Gasteiger partial charge in [-0.05, 0) is 18.5 Å². The molecule has 1 nitrogen and oxygen atoms in total. The number of rotatable bonds is 1. The molecule has 0 saturated carbocycles. The van der Waals surface area contributed by atoms with E-state index >= 15 is 0 Å². The average Bonchev–Trinajstić information content (AvgIpc) is 2.68. The van der Waals surface area contributed by atoms with Crippen molar-refractivity contribution < 1.29 is 32.0 Å². The molecule has 5 heteroatoms. The smallest absolute Gasteiger partial charge is 0.382 e. The summed E-state index contributed by atoms with van der Waals surface area (Å²) < 4.78 is 37.8. The van der Waals surface area contributed by atoms with E-state index in [0.29, 0.717) is 11.3 Å². The zero-order valence-corrected chi connectivity index (χ0v) is 9.85. The van der Waals surface area contributed by atoms with Crippen LogP contribution in [0.2, 0.25) is 0 Å². The Hall–Kier alpha value is -0.723. The maximum atomic E-state index is 12.6. The van der Waals surface area contributed by atoms with E-state index in [1.165, 1.54) is 6.07 Å². The van der Waals surface area contributed by atoms with Crippen LogP contribution in [-0.4, -0.2) is 13.1 Å². The summed E-state index contributed by atoms with van der Waals surface area (Å²) in [5.41, 5.74) is 0.441. The van der Waals surface area contributed by atoms with E-state index in [1.54, 1.807) is 6.07 Å². The summed E-state index contributed by atoms with van der Waals surface area (Å²) >= 11 is 0. The number of benzene rings is 1. The zero-order chi connectivity index (χ0) is 11.8. The Balaban J connectivity index is 0.00000144. The van der Waals surface area contributed by atoms with Gasteiger partial charge in [0.2, 0.25) is 0 Å². The minimum absolute atomic E-state index is 0. The molecular weight excluding hydrogens is 222 g/mol. The Kier molecular flexibility index (Phi) is 4.46. The van der Waals surface area contributed by atoms with Crippen molar-refractivity contribution in [2.45, 2.75) is 19.0 Å². The summed E-state index contributed by atoms with van der Waals surface area (Å²) in [4.78, 5) is 1.98. The van der Waals surface area contributed by atoms with Gasteiger partial charge in [0.25, 0.3) is 0 Å². The van der Waals surface area contributed by atoms with Crippen molar-refractivity contribution in [3.8, 4) is 0 Å². The molecule has 0 N–H and O–H groups in total. The van der Waals surface area contributed by atoms with Gasteiger partial charge in [-0.15, -0.1) is 6.07 Å². The molecule has 1 aliphatic rings. The fourth-order valence-electron chi connectivity index (χ4n) is 2.00. The number of halogens is 3. The predicted molar refractivity (Wildman–Crippen MR) is 57.4 cm³/mol. The van der Waals surface area contributed by atoms with Gasteiger partial charge in [-0.2, -0.15) is 31.7 Å². The van der Waals surface area contributed by atoms with Gasteiger partial charge in [0, 0.05) is 18.7 Å². The van der Waals surface area contributed by atoms with Crippen LogP contribution in [0.25, 0.3) is 0 Å². The van der Waals surface area contributed by atoms with Crippen LogP contribution in [0.5, 0.6) is 0 Å². The van der Waals surface area contributed by atoms with Gasteiger partial charge in [-0.1, -0.05) is 6.07 Å². The fraction of sp³-hybridized carbons (Fsp3) is 0.417. The molecule has 1 aromatic rings. The quantitative estimate of drug-likeness (QED) is 0.506. The molecule has 1 heterocycles. The predicted octanol–water partition coefficient (Wildman–Crippen LogP) is 0.492. The van der Waals surface area contributed by atoms with Gasteiger partial charge in [-0.3, -0.25) is 0 Å². The Morgan fingerprint density at radius 2 is 1.65 bits per heavy atom. The molecule has 88 valence electrons. The number of hydrogen-bond donors (Lipinski definition) is 0. The molecule has 2 rings (SSSR count). The largest absolute Gasteiger partial charge is 1.00 e. The molecule has 0 radical (unpaired) electrons. The molecule has 0 bridgehead atoms. The van der Waals surface area contributed by atoms with Gasteiger partial charge in [0.1, 0.15) is 0 Å². The Bertz CT molecular complexity index is 384. The minimum Gasteiger partial charge on any atom is -0.382 e. The SMILES string of the molecule is [CH2-]c1cc(N2CCCC2)cc(C(F)(F)F)c1.[Li+]. The first-order valence-corrected chi connectivity index (χ1v) is 5.26. The molecule has 0 amide bonds. The molecule has 0 aromatic heterocycles. The van der Waals surface area contributed by atoms with Crippen molar-refractivity contribution in [1.29, 1.82) is 0 Å². The van der Waals surface area contributed by atoms with Crippen LogP contribution >= 0.6 is 0 Å². The molecule has 1 aromatic carbocycles. The van der Waals surface area contributed by atoms with Crippen LogP contribution in [0.15, 0.2) is 18.2 Å². The van der Waals surface area contributed by atoms with E-state index in [-0.39, 0.29) is 18.9 Å². The first-order chi connectivity index (χ1) is 7.47. The summed E-state index contributed by atoms with van der Waals surface area (Å²) in [7, 11) is 0. The van der Waals surface area contributed by atoms with Gasteiger partial charge < -0.3 is 4.90 Å². The molecule has 1 saturated heterocycles. The average molecular weight is 235 g/mol. The second-order valence-corrected chi connectivity index (χ2v) is 4.08. The van der Waals surface area contributed by atoms with Crippen LogP contribution in [0.3, 0.4) is 0 Å². The summed E-state index contributed by atoms with van der Waals surface area (Å²) in [6.45, 7) is 5.27. The number of anilines is 1. The normalized spacial score (nSPS) is 15.8. The molecule has 0 spiro atoms. The molecular formula is C12H13F3LiN. The number of nitrogens with zero attached hydrogens (tertiary/aromatic N) is 1. The summed E-state index contributed by atoms with van der Waals surface area (Å²) in [5.74, 6) is 0. The summed E-state index contributed by atoms with van der Waals surface area (Å²) in [5, 5.41) is 0. The Labute approximate surface area is 111 Å². The van der Waals surface area contributed by atoms with Gasteiger partial charge in [-0.25, -0.2) is 0 Å². The van der Waals surface area contributed by atoms with Crippen LogP contribution in [-0.2, 0) is 6.18 Å². The van der Waals surface area contributed by atoms with Gasteiger partial charge >= 0.3 is 25.0 Å². The molecule has 17 heavy (non-hydrogen) atoms. The third-order valence-corrected chi connectivity index (χ3v) is 2.78. The van der Waals surface area contributed by atoms with E-state index in [0.717, 1.165) is 32.0 Å². The van der Waals surface area contributed by atoms with Crippen LogP contribution in [0.1, 0.15) is 24.0 Å². The van der Waals surface area contributed by atoms with Gasteiger partial charge in [0.15, 0.2) is 0 Å². The number of hydrogen-bond acceptors (Lipinski definition) is 1. The third kappa shape index (κ3) is 3.37. The van der Waals surface area contributed by atoms with Crippen molar-refractivity contribution in [2.24, 2.45) is 0 Å². The minimum atomic E-state index is -4.29. The fourth-order valence-corrected chi connectivity index (χ4v) is 2.00.